The zero-order chi connectivity index (χ0) is 10.0. The van der Waals surface area contributed by atoms with Gasteiger partial charge in [-0.05, 0) is 19.3 Å². The second kappa shape index (κ2) is 3.81. The fraction of sp³-hybridized carbons (Fsp3) is 0.700. The fourth-order valence-electron chi connectivity index (χ4n) is 1.47. The van der Waals surface area contributed by atoms with E-state index in [1.54, 1.807) is 0 Å². The molecule has 0 amide bonds. The van der Waals surface area contributed by atoms with Gasteiger partial charge in [0, 0.05) is 6.54 Å². The Balaban J connectivity index is 2.99. The van der Waals surface area contributed by atoms with Crippen molar-refractivity contribution in [2.75, 3.05) is 0 Å². The largest absolute Gasteiger partial charge is 0.504 e. The molecule has 13 heavy (non-hydrogen) atoms. The molecule has 3 nitrogen and oxygen atoms in total. The van der Waals surface area contributed by atoms with Gasteiger partial charge in [0.15, 0.2) is 5.75 Å². The molecule has 0 spiro atoms. The maximum absolute atomic E-state index is 9.65. The molecular formula is C10H18N2O. The molecule has 1 rings (SSSR count). The zero-order valence-corrected chi connectivity index (χ0v) is 8.83. The first-order valence-electron chi connectivity index (χ1n) is 4.81. The molecule has 1 N–H and O–H groups in total. The number of nitrogens with zero attached hydrogens (tertiary/aromatic N) is 2. The molecule has 0 aromatic carbocycles. The summed E-state index contributed by atoms with van der Waals surface area (Å²) in [5.74, 6) is 0.923. The predicted molar refractivity (Wildman–Crippen MR) is 52.8 cm³/mol. The molecule has 1 heterocycles. The third kappa shape index (κ3) is 2.02. The molecule has 74 valence electrons. The van der Waals surface area contributed by atoms with Crippen molar-refractivity contribution in [2.45, 2.75) is 40.7 Å². The highest BCUT2D eigenvalue weighted by Crippen LogP contribution is 2.22. The van der Waals surface area contributed by atoms with Gasteiger partial charge in [-0.1, -0.05) is 20.8 Å². The van der Waals surface area contributed by atoms with Gasteiger partial charge in [-0.2, -0.15) is 5.10 Å². The van der Waals surface area contributed by atoms with Crippen LogP contribution in [0.1, 0.15) is 32.2 Å². The first-order chi connectivity index (χ1) is 6.06. The molecule has 0 aliphatic rings. The molecule has 0 atom stereocenters. The molecule has 0 aliphatic carbocycles. The Bertz CT molecular complexity index is 289. The summed E-state index contributed by atoms with van der Waals surface area (Å²) in [6, 6.07) is 0. The lowest BCUT2D eigenvalue weighted by atomic mass is 10.2. The first kappa shape index (κ1) is 10.1. The molecule has 1 aromatic rings. The average Bonchev–Trinajstić information content (AvgIpc) is 2.27. The van der Waals surface area contributed by atoms with Crippen molar-refractivity contribution in [3.63, 3.8) is 0 Å². The maximum atomic E-state index is 9.65. The van der Waals surface area contributed by atoms with Gasteiger partial charge in [0.1, 0.15) is 5.69 Å². The predicted octanol–water partition coefficient (Wildman–Crippen LogP) is 2.12. The Hall–Kier alpha value is -0.990. The lowest BCUT2D eigenvalue weighted by Gasteiger charge is -2.07. The Morgan fingerprint density at radius 2 is 2.08 bits per heavy atom. The number of hydrogen-bond donors (Lipinski definition) is 1. The highest BCUT2D eigenvalue weighted by atomic mass is 16.3. The smallest absolute Gasteiger partial charge is 0.159 e. The second-order valence-corrected chi connectivity index (χ2v) is 3.81. The summed E-state index contributed by atoms with van der Waals surface area (Å²) in [4.78, 5) is 0. The minimum absolute atomic E-state index is 0.364. The van der Waals surface area contributed by atoms with Crippen molar-refractivity contribution in [3.05, 3.63) is 11.4 Å². The van der Waals surface area contributed by atoms with Crippen LogP contribution in [0, 0.1) is 12.8 Å². The number of hydrogen-bond acceptors (Lipinski definition) is 2. The first-order valence-corrected chi connectivity index (χ1v) is 4.81. The summed E-state index contributed by atoms with van der Waals surface area (Å²) >= 11 is 0. The van der Waals surface area contributed by atoms with Crippen molar-refractivity contribution in [3.8, 4) is 5.75 Å². The molecule has 3 heteroatoms. The second-order valence-electron chi connectivity index (χ2n) is 3.81. The van der Waals surface area contributed by atoms with Gasteiger partial charge >= 0.3 is 0 Å². The van der Waals surface area contributed by atoms with Crippen molar-refractivity contribution in [1.29, 1.82) is 0 Å². The lowest BCUT2D eigenvalue weighted by Crippen LogP contribution is -2.09. The van der Waals surface area contributed by atoms with Crippen LogP contribution in [0.4, 0.5) is 0 Å². The monoisotopic (exact) mass is 182 g/mol. The molecule has 0 saturated carbocycles. The normalized spacial score (nSPS) is 11.2. The van der Waals surface area contributed by atoms with Gasteiger partial charge in [-0.3, -0.25) is 4.68 Å². The highest BCUT2D eigenvalue weighted by Gasteiger charge is 2.12. The Kier molecular flexibility index (Phi) is 2.96. The summed E-state index contributed by atoms with van der Waals surface area (Å²) < 4.78 is 1.91. The van der Waals surface area contributed by atoms with Crippen LogP contribution in [0.5, 0.6) is 5.75 Å². The van der Waals surface area contributed by atoms with Crippen LogP contribution in [0.15, 0.2) is 0 Å². The quantitative estimate of drug-likeness (QED) is 0.777. The summed E-state index contributed by atoms with van der Waals surface area (Å²) in [7, 11) is 0. The lowest BCUT2D eigenvalue weighted by molar-refractivity contribution is 0.446. The SMILES string of the molecule is CCc1c(O)c(C)nn1CC(C)C. The molecule has 0 saturated heterocycles. The Morgan fingerprint density at radius 3 is 2.54 bits per heavy atom. The fourth-order valence-corrected chi connectivity index (χ4v) is 1.47. The summed E-state index contributed by atoms with van der Waals surface area (Å²) in [5.41, 5.74) is 1.68. The van der Waals surface area contributed by atoms with Gasteiger partial charge < -0.3 is 5.11 Å². The van der Waals surface area contributed by atoms with E-state index in [2.05, 4.69) is 18.9 Å². The molecule has 0 unspecified atom stereocenters. The van der Waals surface area contributed by atoms with E-state index in [1.807, 2.05) is 18.5 Å². The third-order valence-corrected chi connectivity index (χ3v) is 2.07. The Labute approximate surface area is 79.4 Å². The van der Waals surface area contributed by atoms with Gasteiger partial charge in [-0.15, -0.1) is 0 Å². The summed E-state index contributed by atoms with van der Waals surface area (Å²) in [6.07, 6.45) is 0.833. The molecule has 0 aliphatic heterocycles. The van der Waals surface area contributed by atoms with Crippen molar-refractivity contribution < 1.29 is 5.11 Å². The molecular weight excluding hydrogens is 164 g/mol. The molecule has 0 fully saturated rings. The van der Waals surface area contributed by atoms with Gasteiger partial charge in [0.2, 0.25) is 0 Å². The molecule has 0 radical (unpaired) electrons. The van der Waals surface area contributed by atoms with Crippen molar-refractivity contribution >= 4 is 0 Å². The topological polar surface area (TPSA) is 38.1 Å². The molecule has 0 bridgehead atoms. The van der Waals surface area contributed by atoms with Crippen LogP contribution < -0.4 is 0 Å². The van der Waals surface area contributed by atoms with Crippen LogP contribution in [0.2, 0.25) is 0 Å². The Morgan fingerprint density at radius 1 is 1.46 bits per heavy atom. The van der Waals surface area contributed by atoms with Crippen molar-refractivity contribution in [2.24, 2.45) is 5.92 Å². The van der Waals surface area contributed by atoms with Gasteiger partial charge in [0.05, 0.1) is 5.69 Å². The van der Waals surface area contributed by atoms with Crippen LogP contribution in [-0.2, 0) is 13.0 Å². The zero-order valence-electron chi connectivity index (χ0n) is 8.83. The van der Waals surface area contributed by atoms with Crippen LogP contribution in [0.25, 0.3) is 0 Å². The van der Waals surface area contributed by atoms with Crippen LogP contribution in [-0.4, -0.2) is 14.9 Å². The number of aryl methyl sites for hydroxylation is 1. The minimum Gasteiger partial charge on any atom is -0.504 e. The van der Waals surface area contributed by atoms with Gasteiger partial charge in [-0.25, -0.2) is 0 Å². The van der Waals surface area contributed by atoms with E-state index in [0.29, 0.717) is 11.7 Å². The van der Waals surface area contributed by atoms with E-state index in [-0.39, 0.29) is 0 Å². The summed E-state index contributed by atoms with van der Waals surface area (Å²) in [6.45, 7) is 9.05. The van der Waals surface area contributed by atoms with E-state index in [9.17, 15) is 5.11 Å². The van der Waals surface area contributed by atoms with E-state index in [1.165, 1.54) is 0 Å². The van der Waals surface area contributed by atoms with E-state index in [0.717, 1.165) is 24.4 Å². The van der Waals surface area contributed by atoms with E-state index >= 15 is 0 Å². The van der Waals surface area contributed by atoms with E-state index in [4.69, 9.17) is 0 Å². The average molecular weight is 182 g/mol. The maximum Gasteiger partial charge on any atom is 0.159 e. The van der Waals surface area contributed by atoms with Gasteiger partial charge in [0.25, 0.3) is 0 Å². The number of aromatic hydroxyl groups is 1. The van der Waals surface area contributed by atoms with Crippen molar-refractivity contribution in [1.82, 2.24) is 9.78 Å². The highest BCUT2D eigenvalue weighted by molar-refractivity contribution is 5.31. The van der Waals surface area contributed by atoms with Crippen LogP contribution in [0.3, 0.4) is 0 Å². The standard InChI is InChI=1S/C10H18N2O/c1-5-9-10(13)8(4)11-12(9)6-7(2)3/h7,13H,5-6H2,1-4H3. The number of aromatic nitrogens is 2. The van der Waals surface area contributed by atoms with E-state index < -0.39 is 0 Å². The number of rotatable bonds is 3. The summed E-state index contributed by atoms with van der Waals surface area (Å²) in [5, 5.41) is 13.9. The van der Waals surface area contributed by atoms with Crippen LogP contribution >= 0.6 is 0 Å². The minimum atomic E-state index is 0.364. The third-order valence-electron chi connectivity index (χ3n) is 2.07. The molecule has 1 aromatic heterocycles.